The van der Waals surface area contributed by atoms with E-state index in [1.165, 1.54) is 7.11 Å². The van der Waals surface area contributed by atoms with E-state index in [1.54, 1.807) is 12.1 Å². The summed E-state index contributed by atoms with van der Waals surface area (Å²) in [5.74, 6) is 0.340. The molecule has 0 aliphatic carbocycles. The van der Waals surface area contributed by atoms with Crippen LogP contribution < -0.4 is 10.1 Å². The number of fused-ring (bicyclic) bond motifs is 1. The Balaban J connectivity index is 2.43. The van der Waals surface area contributed by atoms with Crippen LogP contribution in [-0.4, -0.2) is 25.2 Å². The molecule has 1 aromatic rings. The van der Waals surface area contributed by atoms with E-state index in [1.807, 2.05) is 19.9 Å². The SMILES string of the molecule is COC(=O)c1cccc2c1NCC(C)(C)O2. The Kier molecular flexibility index (Phi) is 2.50. The van der Waals surface area contributed by atoms with Crippen molar-refractivity contribution < 1.29 is 14.3 Å². The molecule has 0 amide bonds. The standard InChI is InChI=1S/C12H15NO3/c1-12(2)7-13-10-8(11(14)15-3)5-4-6-9(10)16-12/h4-6,13H,7H2,1-3H3. The number of methoxy groups -OCH3 is 1. The van der Waals surface area contributed by atoms with Gasteiger partial charge in [0.1, 0.15) is 11.4 Å². The normalized spacial score (nSPS) is 16.7. The Hall–Kier alpha value is -1.71. The number of carbonyl (C=O) groups is 1. The van der Waals surface area contributed by atoms with Crippen LogP contribution in [0.2, 0.25) is 0 Å². The van der Waals surface area contributed by atoms with E-state index in [0.717, 1.165) is 0 Å². The Morgan fingerprint density at radius 3 is 2.94 bits per heavy atom. The van der Waals surface area contributed by atoms with Crippen molar-refractivity contribution in [2.24, 2.45) is 0 Å². The van der Waals surface area contributed by atoms with Gasteiger partial charge in [0.05, 0.1) is 24.9 Å². The lowest BCUT2D eigenvalue weighted by molar-refractivity contribution is 0.0598. The van der Waals surface area contributed by atoms with Gasteiger partial charge in [-0.2, -0.15) is 0 Å². The van der Waals surface area contributed by atoms with Gasteiger partial charge in [0.25, 0.3) is 0 Å². The Morgan fingerprint density at radius 1 is 1.50 bits per heavy atom. The predicted molar refractivity (Wildman–Crippen MR) is 61.0 cm³/mol. The maximum absolute atomic E-state index is 11.5. The molecule has 0 radical (unpaired) electrons. The van der Waals surface area contributed by atoms with Gasteiger partial charge >= 0.3 is 5.97 Å². The largest absolute Gasteiger partial charge is 0.484 e. The van der Waals surface area contributed by atoms with Crippen molar-refractivity contribution in [3.8, 4) is 5.75 Å². The quantitative estimate of drug-likeness (QED) is 0.737. The third kappa shape index (κ3) is 1.83. The third-order valence-electron chi connectivity index (χ3n) is 2.51. The second-order valence-corrected chi connectivity index (χ2v) is 4.39. The summed E-state index contributed by atoms with van der Waals surface area (Å²) in [6.45, 7) is 4.65. The highest BCUT2D eigenvalue weighted by Gasteiger charge is 2.29. The van der Waals surface area contributed by atoms with Crippen LogP contribution in [0.3, 0.4) is 0 Å². The van der Waals surface area contributed by atoms with Gasteiger partial charge in [-0.25, -0.2) is 4.79 Å². The van der Waals surface area contributed by atoms with Gasteiger partial charge in [-0.3, -0.25) is 0 Å². The number of hydrogen-bond donors (Lipinski definition) is 1. The van der Waals surface area contributed by atoms with E-state index in [0.29, 0.717) is 23.5 Å². The first-order valence-corrected chi connectivity index (χ1v) is 5.18. The molecule has 0 unspecified atom stereocenters. The van der Waals surface area contributed by atoms with Crippen LogP contribution >= 0.6 is 0 Å². The number of ether oxygens (including phenoxy) is 2. The molecule has 1 aliphatic heterocycles. The van der Waals surface area contributed by atoms with Crippen molar-refractivity contribution >= 4 is 11.7 Å². The fourth-order valence-corrected chi connectivity index (χ4v) is 1.71. The zero-order valence-corrected chi connectivity index (χ0v) is 9.66. The van der Waals surface area contributed by atoms with Gasteiger partial charge in [-0.1, -0.05) is 6.07 Å². The molecular weight excluding hydrogens is 206 g/mol. The summed E-state index contributed by atoms with van der Waals surface area (Å²) in [6, 6.07) is 5.35. The van der Waals surface area contributed by atoms with E-state index in [4.69, 9.17) is 9.47 Å². The molecule has 1 aliphatic rings. The van der Waals surface area contributed by atoms with Crippen molar-refractivity contribution in [2.45, 2.75) is 19.4 Å². The van der Waals surface area contributed by atoms with Crippen molar-refractivity contribution in [3.63, 3.8) is 0 Å². The molecule has 0 bridgehead atoms. The van der Waals surface area contributed by atoms with Crippen LogP contribution in [0.1, 0.15) is 24.2 Å². The summed E-state index contributed by atoms with van der Waals surface area (Å²) in [5.41, 5.74) is 0.964. The smallest absolute Gasteiger partial charge is 0.340 e. The lowest BCUT2D eigenvalue weighted by atomic mass is 10.0. The molecule has 0 saturated heterocycles. The van der Waals surface area contributed by atoms with Crippen molar-refractivity contribution in [1.29, 1.82) is 0 Å². The first kappa shape index (κ1) is 10.8. The number of anilines is 1. The number of rotatable bonds is 1. The van der Waals surface area contributed by atoms with Crippen LogP contribution in [0.4, 0.5) is 5.69 Å². The van der Waals surface area contributed by atoms with Crippen LogP contribution in [-0.2, 0) is 4.74 Å². The highest BCUT2D eigenvalue weighted by atomic mass is 16.5. The van der Waals surface area contributed by atoms with E-state index in [9.17, 15) is 4.79 Å². The highest BCUT2D eigenvalue weighted by molar-refractivity contribution is 5.97. The minimum Gasteiger partial charge on any atom is -0.484 e. The topological polar surface area (TPSA) is 47.6 Å². The summed E-state index contributed by atoms with van der Waals surface area (Å²) in [7, 11) is 1.37. The summed E-state index contributed by atoms with van der Waals surface area (Å²) < 4.78 is 10.5. The zero-order valence-electron chi connectivity index (χ0n) is 9.66. The second-order valence-electron chi connectivity index (χ2n) is 4.39. The van der Waals surface area contributed by atoms with Crippen LogP contribution in [0.25, 0.3) is 0 Å². The van der Waals surface area contributed by atoms with Crippen LogP contribution in [0.5, 0.6) is 5.75 Å². The summed E-state index contributed by atoms with van der Waals surface area (Å²) in [4.78, 5) is 11.5. The van der Waals surface area contributed by atoms with Gasteiger partial charge in [-0.15, -0.1) is 0 Å². The molecule has 2 rings (SSSR count). The number of nitrogens with one attached hydrogen (secondary N) is 1. The van der Waals surface area contributed by atoms with Gasteiger partial charge in [0.15, 0.2) is 0 Å². The van der Waals surface area contributed by atoms with E-state index in [-0.39, 0.29) is 11.6 Å². The van der Waals surface area contributed by atoms with Gasteiger partial charge in [0.2, 0.25) is 0 Å². The van der Waals surface area contributed by atoms with Crippen LogP contribution in [0, 0.1) is 0 Å². The summed E-state index contributed by atoms with van der Waals surface area (Å²) in [5, 5.41) is 3.21. The maximum Gasteiger partial charge on any atom is 0.340 e. The average molecular weight is 221 g/mol. The molecule has 0 spiro atoms. The number of carbonyl (C=O) groups excluding carboxylic acids is 1. The second kappa shape index (κ2) is 3.70. The number of esters is 1. The average Bonchev–Trinajstić information content (AvgIpc) is 2.25. The first-order chi connectivity index (χ1) is 7.53. The number of para-hydroxylation sites is 1. The summed E-state index contributed by atoms with van der Waals surface area (Å²) >= 11 is 0. The molecule has 0 atom stereocenters. The van der Waals surface area contributed by atoms with E-state index < -0.39 is 0 Å². The fourth-order valence-electron chi connectivity index (χ4n) is 1.71. The van der Waals surface area contributed by atoms with E-state index >= 15 is 0 Å². The Bertz CT molecular complexity index is 426. The Morgan fingerprint density at radius 2 is 2.25 bits per heavy atom. The molecule has 1 heterocycles. The molecule has 1 aromatic carbocycles. The molecule has 1 N–H and O–H groups in total. The maximum atomic E-state index is 11.5. The molecular formula is C12H15NO3. The van der Waals surface area contributed by atoms with Crippen molar-refractivity contribution in [1.82, 2.24) is 0 Å². The third-order valence-corrected chi connectivity index (χ3v) is 2.51. The Labute approximate surface area is 94.6 Å². The number of hydrogen-bond acceptors (Lipinski definition) is 4. The first-order valence-electron chi connectivity index (χ1n) is 5.18. The molecule has 16 heavy (non-hydrogen) atoms. The minimum absolute atomic E-state index is 0.262. The monoisotopic (exact) mass is 221 g/mol. The molecule has 0 fully saturated rings. The van der Waals surface area contributed by atoms with Crippen LogP contribution in [0.15, 0.2) is 18.2 Å². The fraction of sp³-hybridized carbons (Fsp3) is 0.417. The number of benzene rings is 1. The minimum atomic E-state index is -0.354. The summed E-state index contributed by atoms with van der Waals surface area (Å²) in [6.07, 6.45) is 0. The molecule has 0 saturated carbocycles. The zero-order chi connectivity index (χ0) is 11.8. The lowest BCUT2D eigenvalue weighted by Gasteiger charge is -2.34. The molecule has 4 nitrogen and oxygen atoms in total. The van der Waals surface area contributed by atoms with Gasteiger partial charge in [0, 0.05) is 0 Å². The molecule has 86 valence electrons. The van der Waals surface area contributed by atoms with Crippen molar-refractivity contribution in [3.05, 3.63) is 23.8 Å². The highest BCUT2D eigenvalue weighted by Crippen LogP contribution is 2.35. The predicted octanol–water partition coefficient (Wildman–Crippen LogP) is 2.06. The molecule has 4 heteroatoms. The van der Waals surface area contributed by atoms with Gasteiger partial charge in [-0.05, 0) is 26.0 Å². The molecule has 0 aromatic heterocycles. The van der Waals surface area contributed by atoms with Gasteiger partial charge < -0.3 is 14.8 Å². The lowest BCUT2D eigenvalue weighted by Crippen LogP contribution is -2.40. The van der Waals surface area contributed by atoms with E-state index in [2.05, 4.69) is 5.32 Å². The van der Waals surface area contributed by atoms with Crippen molar-refractivity contribution in [2.75, 3.05) is 19.0 Å².